The normalized spacial score (nSPS) is 13.7. The van der Waals surface area contributed by atoms with Gasteiger partial charge in [0.2, 0.25) is 0 Å². The highest BCUT2D eigenvalue weighted by molar-refractivity contribution is 7.28. The van der Waals surface area contributed by atoms with E-state index in [0.29, 0.717) is 9.75 Å². The van der Waals surface area contributed by atoms with Gasteiger partial charge in [0.15, 0.2) is 0 Å². The van der Waals surface area contributed by atoms with E-state index >= 15 is 0 Å². The number of unbranched alkanes of at least 4 members (excludes halogenated alkanes) is 4. The van der Waals surface area contributed by atoms with E-state index in [1.807, 2.05) is 30.3 Å². The van der Waals surface area contributed by atoms with E-state index in [-0.39, 0.29) is 22.0 Å². The molecule has 0 spiro atoms. The molecule has 0 bridgehead atoms. The number of aliphatic carboxylic acids is 2. The molecule has 83 heavy (non-hydrogen) atoms. The van der Waals surface area contributed by atoms with Crippen LogP contribution in [0.1, 0.15) is 137 Å². The lowest BCUT2D eigenvalue weighted by Gasteiger charge is -2.35. The van der Waals surface area contributed by atoms with E-state index in [2.05, 4.69) is 160 Å². The molecule has 0 unspecified atom stereocenters. The van der Waals surface area contributed by atoms with Crippen molar-refractivity contribution < 1.29 is 19.8 Å². The molecule has 0 radical (unpaired) electrons. The first-order valence-electron chi connectivity index (χ1n) is 29.0. The molecule has 11 heteroatoms. The zero-order chi connectivity index (χ0) is 57.8. The van der Waals surface area contributed by atoms with Crippen LogP contribution < -0.4 is 4.90 Å². The van der Waals surface area contributed by atoms with Gasteiger partial charge in [0, 0.05) is 67.6 Å². The molecule has 416 valence electrons. The molecule has 0 atom stereocenters. The third-order valence-corrected chi connectivity index (χ3v) is 21.6. The standard InChI is InChI=1S/C72H65N3O4S4/c1-5-9-35-71(36-10-6-2)59-19-15-13-17-54(59)56-29-25-50(41-61(56)71)75(51-26-30-57-55-18-14-16-20-60(55)72(37-11-7-3,38-12-8-4)62(57)42-51)49-23-21-46(22-24-49)67-43-58(63-31-27-52(80-63)39-47(44-73)69(76)77)68(83-67)66-34-33-65(82-66)64-32-28-53(81-64)40-48(45-74)70(78)79/h13-34,39-43H,5-12,35-38H2,1-4H3,(H,76,77)(H,78,79)/b47-39+,48-40+. The summed E-state index contributed by atoms with van der Waals surface area (Å²) >= 11 is 6.21. The zero-order valence-corrected chi connectivity index (χ0v) is 50.5. The van der Waals surface area contributed by atoms with Crippen LogP contribution in [0.25, 0.3) is 74.8 Å². The smallest absolute Gasteiger partial charge is 0.346 e. The van der Waals surface area contributed by atoms with E-state index < -0.39 is 11.9 Å². The number of hydrogen-bond acceptors (Lipinski definition) is 9. The Balaban J connectivity index is 1.05. The maximum Gasteiger partial charge on any atom is 0.346 e. The Bertz CT molecular complexity index is 3920. The van der Waals surface area contributed by atoms with Crippen LogP contribution in [0.5, 0.6) is 0 Å². The summed E-state index contributed by atoms with van der Waals surface area (Å²) in [7, 11) is 0. The molecule has 9 aromatic rings. The fourth-order valence-electron chi connectivity index (χ4n) is 12.8. The molecule has 5 aromatic carbocycles. The Morgan fingerprint density at radius 2 is 0.867 bits per heavy atom. The summed E-state index contributed by atoms with van der Waals surface area (Å²) < 4.78 is 0. The van der Waals surface area contributed by atoms with E-state index in [0.717, 1.165) is 135 Å². The number of rotatable bonds is 23. The molecule has 11 rings (SSSR count). The lowest BCUT2D eigenvalue weighted by Crippen LogP contribution is -2.26. The summed E-state index contributed by atoms with van der Waals surface area (Å²) in [4.78, 5) is 33.4. The minimum absolute atomic E-state index is 0.0849. The topological polar surface area (TPSA) is 125 Å². The first-order valence-corrected chi connectivity index (χ1v) is 32.3. The first kappa shape index (κ1) is 56.9. The molecule has 4 aromatic heterocycles. The number of anilines is 3. The molecule has 2 aliphatic carbocycles. The third-order valence-electron chi connectivity index (χ3n) is 16.9. The molecule has 0 saturated heterocycles. The predicted molar refractivity (Wildman–Crippen MR) is 347 cm³/mol. The SMILES string of the molecule is CCCCC1(CCCC)c2ccccc2-c2ccc(N(c3ccc(-c4cc(-c5ccc(/C=C(\C#N)C(=O)O)s5)c(-c5ccc(-c6ccc(/C=C(\C#N)C(=O)O)s6)s5)s4)cc3)c3ccc4c(c3)C(CCCC)(CCCC)c3ccccc3-4)cc21. The van der Waals surface area contributed by atoms with Crippen molar-refractivity contribution in [3.05, 3.63) is 195 Å². The molecular weight excluding hydrogens is 1100 g/mol. The van der Waals surface area contributed by atoms with Gasteiger partial charge in [-0.1, -0.05) is 152 Å². The zero-order valence-electron chi connectivity index (χ0n) is 47.3. The Kier molecular flexibility index (Phi) is 16.8. The van der Waals surface area contributed by atoms with E-state index in [4.69, 9.17) is 0 Å². The minimum Gasteiger partial charge on any atom is -0.477 e. The fourth-order valence-corrected chi connectivity index (χ4v) is 17.2. The van der Waals surface area contributed by atoms with Gasteiger partial charge in [-0.25, -0.2) is 9.59 Å². The second kappa shape index (κ2) is 24.5. The van der Waals surface area contributed by atoms with Gasteiger partial charge < -0.3 is 15.1 Å². The number of carboxylic acid groups (broad SMARTS) is 2. The van der Waals surface area contributed by atoms with Crippen molar-refractivity contribution in [3.63, 3.8) is 0 Å². The summed E-state index contributed by atoms with van der Waals surface area (Å²) in [5.41, 5.74) is 15.8. The number of fused-ring (bicyclic) bond motifs is 6. The Morgan fingerprint density at radius 1 is 0.446 bits per heavy atom. The second-order valence-electron chi connectivity index (χ2n) is 21.9. The number of nitriles is 2. The number of carbonyl (C=O) groups is 2. The van der Waals surface area contributed by atoms with Gasteiger partial charge in [-0.3, -0.25) is 0 Å². The van der Waals surface area contributed by atoms with Crippen LogP contribution >= 0.6 is 45.3 Å². The summed E-state index contributed by atoms with van der Waals surface area (Å²) in [6.07, 6.45) is 16.4. The van der Waals surface area contributed by atoms with Crippen LogP contribution in [0.3, 0.4) is 0 Å². The van der Waals surface area contributed by atoms with Crippen molar-refractivity contribution in [3.8, 4) is 74.8 Å². The Morgan fingerprint density at radius 3 is 1.35 bits per heavy atom. The number of hydrogen-bond donors (Lipinski definition) is 2. The maximum atomic E-state index is 11.9. The van der Waals surface area contributed by atoms with Crippen molar-refractivity contribution in [2.45, 2.75) is 116 Å². The van der Waals surface area contributed by atoms with Crippen LogP contribution in [-0.4, -0.2) is 22.2 Å². The highest BCUT2D eigenvalue weighted by Crippen LogP contribution is 2.58. The van der Waals surface area contributed by atoms with Crippen molar-refractivity contribution in [2.24, 2.45) is 0 Å². The van der Waals surface area contributed by atoms with Gasteiger partial charge in [-0.2, -0.15) is 10.5 Å². The molecule has 7 nitrogen and oxygen atoms in total. The molecule has 4 heterocycles. The quantitative estimate of drug-likeness (QED) is 0.0483. The van der Waals surface area contributed by atoms with Crippen molar-refractivity contribution >= 4 is 86.5 Å². The van der Waals surface area contributed by atoms with Crippen molar-refractivity contribution in [1.82, 2.24) is 0 Å². The number of thiophene rings is 4. The average Bonchev–Trinajstić information content (AvgIpc) is 2.45. The summed E-state index contributed by atoms with van der Waals surface area (Å²) in [6.45, 7) is 9.26. The van der Waals surface area contributed by atoms with E-state index in [1.54, 1.807) is 28.7 Å². The highest BCUT2D eigenvalue weighted by Gasteiger charge is 2.44. The van der Waals surface area contributed by atoms with Gasteiger partial charge in [0.1, 0.15) is 23.3 Å². The maximum absolute atomic E-state index is 11.9. The largest absolute Gasteiger partial charge is 0.477 e. The molecule has 0 saturated carbocycles. The van der Waals surface area contributed by atoms with Gasteiger partial charge in [-0.05, 0) is 167 Å². The summed E-state index contributed by atoms with van der Waals surface area (Å²) in [5, 5.41) is 38.3. The Labute approximate surface area is 503 Å². The van der Waals surface area contributed by atoms with Crippen LogP contribution in [-0.2, 0) is 20.4 Å². The summed E-state index contributed by atoms with van der Waals surface area (Å²) in [6, 6.07) is 59.6. The lowest BCUT2D eigenvalue weighted by atomic mass is 9.70. The monoisotopic (exact) mass is 1160 g/mol. The molecule has 0 fully saturated rings. The Hall–Kier alpha value is -7.90. The van der Waals surface area contributed by atoms with Crippen molar-refractivity contribution in [2.75, 3.05) is 4.90 Å². The van der Waals surface area contributed by atoms with Gasteiger partial charge in [-0.15, -0.1) is 45.3 Å². The average molecular weight is 1160 g/mol. The van der Waals surface area contributed by atoms with E-state index in [9.17, 15) is 30.3 Å². The third kappa shape index (κ3) is 10.8. The van der Waals surface area contributed by atoms with Crippen LogP contribution in [0.4, 0.5) is 17.1 Å². The van der Waals surface area contributed by atoms with Gasteiger partial charge >= 0.3 is 11.9 Å². The summed E-state index contributed by atoms with van der Waals surface area (Å²) in [5.74, 6) is -2.53. The lowest BCUT2D eigenvalue weighted by molar-refractivity contribution is -0.133. The second-order valence-corrected chi connectivity index (χ2v) is 26.2. The van der Waals surface area contributed by atoms with Crippen LogP contribution in [0.2, 0.25) is 0 Å². The number of benzene rings is 5. The van der Waals surface area contributed by atoms with Gasteiger partial charge in [0.05, 0.1) is 4.88 Å². The van der Waals surface area contributed by atoms with Gasteiger partial charge in [0.25, 0.3) is 0 Å². The molecule has 2 N–H and O–H groups in total. The predicted octanol–water partition coefficient (Wildman–Crippen LogP) is 21.3. The molecule has 0 aliphatic heterocycles. The molecule has 2 aliphatic rings. The number of nitrogens with zero attached hydrogens (tertiary/aromatic N) is 3. The first-order chi connectivity index (χ1) is 40.5. The minimum atomic E-state index is -1.27. The fraction of sp³-hybridized carbons (Fsp3) is 0.250. The van der Waals surface area contributed by atoms with E-state index in [1.165, 1.54) is 79.3 Å². The number of carboxylic acids is 2. The highest BCUT2D eigenvalue weighted by atomic mass is 32.1. The molecule has 0 amide bonds. The van der Waals surface area contributed by atoms with Crippen LogP contribution in [0, 0.1) is 22.7 Å². The molecular formula is C72H65N3O4S4. The van der Waals surface area contributed by atoms with Crippen molar-refractivity contribution in [1.29, 1.82) is 10.5 Å². The van der Waals surface area contributed by atoms with Crippen LogP contribution in [0.15, 0.2) is 163 Å².